The van der Waals surface area contributed by atoms with E-state index < -0.39 is 0 Å². The molecule has 6 heteroatoms. The van der Waals surface area contributed by atoms with Crippen LogP contribution in [0, 0.1) is 6.92 Å². The van der Waals surface area contributed by atoms with Crippen molar-refractivity contribution in [3.8, 4) is 11.4 Å². The molecule has 0 unspecified atom stereocenters. The summed E-state index contributed by atoms with van der Waals surface area (Å²) in [6, 6.07) is 11.2. The number of amides is 1. The number of benzene rings is 1. The summed E-state index contributed by atoms with van der Waals surface area (Å²) in [5.74, 6) is 1.06. The van der Waals surface area contributed by atoms with Crippen molar-refractivity contribution in [2.75, 3.05) is 6.54 Å². The average Bonchev–Trinajstić information content (AvgIpc) is 3.19. The van der Waals surface area contributed by atoms with Crippen LogP contribution in [0.25, 0.3) is 11.4 Å². The van der Waals surface area contributed by atoms with Crippen molar-refractivity contribution in [1.29, 1.82) is 0 Å². The molecule has 0 aliphatic heterocycles. The smallest absolute Gasteiger partial charge is 0.286 e. The van der Waals surface area contributed by atoms with Crippen molar-refractivity contribution >= 4 is 5.91 Å². The molecule has 6 nitrogen and oxygen atoms in total. The van der Waals surface area contributed by atoms with Gasteiger partial charge in [-0.2, -0.15) is 4.98 Å². The highest BCUT2D eigenvalue weighted by Crippen LogP contribution is 2.16. The molecule has 22 heavy (non-hydrogen) atoms. The Morgan fingerprint density at radius 1 is 1.27 bits per heavy atom. The zero-order chi connectivity index (χ0) is 15.4. The Morgan fingerprint density at radius 3 is 2.95 bits per heavy atom. The maximum absolute atomic E-state index is 11.7. The average molecular weight is 297 g/mol. The number of aryl methyl sites for hydroxylation is 1. The summed E-state index contributed by atoms with van der Waals surface area (Å²) in [6.45, 7) is 2.41. The van der Waals surface area contributed by atoms with Crippen LogP contribution in [0.4, 0.5) is 0 Å². The largest absolute Gasteiger partial charge is 0.459 e. The Hall–Kier alpha value is -2.89. The predicted molar refractivity (Wildman–Crippen MR) is 79.2 cm³/mol. The standard InChI is InChI=1S/C16H15N3O3/c1-11-4-2-5-12(10-11)15-18-14(22-19-15)7-8-17-16(20)13-6-3-9-21-13/h2-6,9-10H,7-8H2,1H3,(H,17,20). The van der Waals surface area contributed by atoms with Crippen molar-refractivity contribution in [1.82, 2.24) is 15.5 Å². The topological polar surface area (TPSA) is 81.2 Å². The zero-order valence-electron chi connectivity index (χ0n) is 12.1. The normalized spacial score (nSPS) is 10.6. The summed E-state index contributed by atoms with van der Waals surface area (Å²) >= 11 is 0. The van der Waals surface area contributed by atoms with Gasteiger partial charge in [-0.3, -0.25) is 4.79 Å². The number of carbonyl (C=O) groups excluding carboxylic acids is 1. The lowest BCUT2D eigenvalue weighted by atomic mass is 10.1. The van der Waals surface area contributed by atoms with E-state index in [9.17, 15) is 4.79 Å². The first-order chi connectivity index (χ1) is 10.7. The van der Waals surface area contributed by atoms with Crippen molar-refractivity contribution in [2.24, 2.45) is 0 Å². The lowest BCUT2D eigenvalue weighted by molar-refractivity contribution is 0.0925. The van der Waals surface area contributed by atoms with E-state index in [1.165, 1.54) is 6.26 Å². The molecule has 0 aliphatic rings. The van der Waals surface area contributed by atoms with Gasteiger partial charge in [0.2, 0.25) is 11.7 Å². The van der Waals surface area contributed by atoms with Crippen LogP contribution in [0.15, 0.2) is 51.6 Å². The molecule has 2 aromatic heterocycles. The molecule has 112 valence electrons. The van der Waals surface area contributed by atoms with Gasteiger partial charge >= 0.3 is 0 Å². The molecule has 3 rings (SSSR count). The molecular formula is C16H15N3O3. The molecule has 1 N–H and O–H groups in total. The highest BCUT2D eigenvalue weighted by Gasteiger charge is 2.11. The number of carbonyl (C=O) groups is 1. The Morgan fingerprint density at radius 2 is 2.18 bits per heavy atom. The maximum atomic E-state index is 11.7. The second-order valence-electron chi connectivity index (χ2n) is 4.86. The Bertz CT molecular complexity index is 763. The van der Waals surface area contributed by atoms with E-state index in [-0.39, 0.29) is 11.7 Å². The van der Waals surface area contributed by atoms with Gasteiger partial charge in [0.25, 0.3) is 5.91 Å². The van der Waals surface area contributed by atoms with Crippen LogP contribution < -0.4 is 5.32 Å². The number of furan rings is 1. The molecule has 0 bridgehead atoms. The quantitative estimate of drug-likeness (QED) is 0.783. The van der Waals surface area contributed by atoms with Gasteiger partial charge in [0.1, 0.15) is 0 Å². The molecule has 1 aromatic carbocycles. The van der Waals surface area contributed by atoms with E-state index in [0.29, 0.717) is 24.7 Å². The first-order valence-electron chi connectivity index (χ1n) is 6.94. The lowest BCUT2D eigenvalue weighted by Gasteiger charge is -1.99. The highest BCUT2D eigenvalue weighted by molar-refractivity contribution is 5.91. The third-order valence-electron chi connectivity index (χ3n) is 3.11. The minimum Gasteiger partial charge on any atom is -0.459 e. The van der Waals surface area contributed by atoms with E-state index in [1.54, 1.807) is 12.1 Å². The molecule has 0 saturated heterocycles. The first kappa shape index (κ1) is 14.1. The molecule has 3 aromatic rings. The molecule has 0 atom stereocenters. The van der Waals surface area contributed by atoms with E-state index in [1.807, 2.05) is 31.2 Å². The monoisotopic (exact) mass is 297 g/mol. The summed E-state index contributed by atoms with van der Waals surface area (Å²) < 4.78 is 10.2. The fourth-order valence-electron chi connectivity index (χ4n) is 2.04. The molecule has 0 saturated carbocycles. The van der Waals surface area contributed by atoms with Crippen molar-refractivity contribution < 1.29 is 13.7 Å². The van der Waals surface area contributed by atoms with Crippen molar-refractivity contribution in [2.45, 2.75) is 13.3 Å². The minimum absolute atomic E-state index is 0.261. The first-order valence-corrected chi connectivity index (χ1v) is 6.94. The number of nitrogens with one attached hydrogen (secondary N) is 1. The summed E-state index contributed by atoms with van der Waals surface area (Å²) in [6.07, 6.45) is 1.92. The van der Waals surface area contributed by atoms with E-state index in [0.717, 1.165) is 11.1 Å². The van der Waals surface area contributed by atoms with Gasteiger partial charge in [0.15, 0.2) is 5.76 Å². The van der Waals surface area contributed by atoms with Crippen LogP contribution in [0.2, 0.25) is 0 Å². The van der Waals surface area contributed by atoms with Gasteiger partial charge in [-0.25, -0.2) is 0 Å². The summed E-state index contributed by atoms with van der Waals surface area (Å²) in [5, 5.41) is 6.69. The van der Waals surface area contributed by atoms with Gasteiger partial charge in [0, 0.05) is 18.5 Å². The third-order valence-corrected chi connectivity index (χ3v) is 3.11. The van der Waals surface area contributed by atoms with Crippen molar-refractivity contribution in [3.05, 3.63) is 59.9 Å². The summed E-state index contributed by atoms with van der Waals surface area (Å²) in [7, 11) is 0. The Kier molecular flexibility index (Phi) is 4.00. The SMILES string of the molecule is Cc1cccc(-c2noc(CCNC(=O)c3ccco3)n2)c1. The molecule has 0 aliphatic carbocycles. The van der Waals surface area contributed by atoms with Crippen LogP contribution in [-0.2, 0) is 6.42 Å². The van der Waals surface area contributed by atoms with E-state index in [4.69, 9.17) is 8.94 Å². The van der Waals surface area contributed by atoms with Gasteiger partial charge in [0.05, 0.1) is 6.26 Å². The van der Waals surface area contributed by atoms with Crippen LogP contribution in [0.3, 0.4) is 0 Å². The van der Waals surface area contributed by atoms with Gasteiger partial charge in [-0.15, -0.1) is 0 Å². The number of hydrogen-bond donors (Lipinski definition) is 1. The number of nitrogens with zero attached hydrogens (tertiary/aromatic N) is 2. The molecule has 0 radical (unpaired) electrons. The van der Waals surface area contributed by atoms with Gasteiger partial charge in [-0.1, -0.05) is 28.9 Å². The second-order valence-corrected chi connectivity index (χ2v) is 4.86. The van der Waals surface area contributed by atoms with E-state index in [2.05, 4.69) is 15.5 Å². The molecule has 1 amide bonds. The minimum atomic E-state index is -0.261. The Balaban J connectivity index is 1.57. The lowest BCUT2D eigenvalue weighted by Crippen LogP contribution is -2.25. The van der Waals surface area contributed by atoms with Gasteiger partial charge in [-0.05, 0) is 25.1 Å². The van der Waals surface area contributed by atoms with Crippen molar-refractivity contribution in [3.63, 3.8) is 0 Å². The van der Waals surface area contributed by atoms with Crippen LogP contribution in [0.1, 0.15) is 22.0 Å². The summed E-state index contributed by atoms with van der Waals surface area (Å²) in [4.78, 5) is 16.0. The van der Waals surface area contributed by atoms with E-state index >= 15 is 0 Å². The Labute approximate surface area is 127 Å². The zero-order valence-corrected chi connectivity index (χ0v) is 12.1. The summed E-state index contributed by atoms with van der Waals surface area (Å²) in [5.41, 5.74) is 2.05. The fourth-order valence-corrected chi connectivity index (χ4v) is 2.04. The molecule has 0 fully saturated rings. The number of hydrogen-bond acceptors (Lipinski definition) is 5. The third kappa shape index (κ3) is 3.22. The number of aromatic nitrogens is 2. The molecular weight excluding hydrogens is 282 g/mol. The fraction of sp³-hybridized carbons (Fsp3) is 0.188. The van der Waals surface area contributed by atoms with Crippen LogP contribution in [0.5, 0.6) is 0 Å². The van der Waals surface area contributed by atoms with Crippen LogP contribution in [-0.4, -0.2) is 22.6 Å². The maximum Gasteiger partial charge on any atom is 0.286 e. The highest BCUT2D eigenvalue weighted by atomic mass is 16.5. The van der Waals surface area contributed by atoms with Crippen LogP contribution >= 0.6 is 0 Å². The predicted octanol–water partition coefficient (Wildman–Crippen LogP) is 2.61. The second kappa shape index (κ2) is 6.26. The number of rotatable bonds is 5. The molecule has 2 heterocycles. The van der Waals surface area contributed by atoms with Gasteiger partial charge < -0.3 is 14.3 Å². The molecule has 0 spiro atoms.